The molecule has 20 heavy (non-hydrogen) atoms. The highest BCUT2D eigenvalue weighted by atomic mass is 79.9. The van der Waals surface area contributed by atoms with E-state index in [0.717, 1.165) is 10.0 Å². The van der Waals surface area contributed by atoms with Gasteiger partial charge in [-0.15, -0.1) is 0 Å². The molecule has 0 aliphatic heterocycles. The molecule has 106 valence electrons. The Morgan fingerprint density at radius 3 is 2.05 bits per heavy atom. The molecule has 0 aliphatic carbocycles. The first-order valence-electron chi connectivity index (χ1n) is 6.80. The first kappa shape index (κ1) is 15.6. The van der Waals surface area contributed by atoms with Gasteiger partial charge in [0.05, 0.1) is 0 Å². The third-order valence-electron chi connectivity index (χ3n) is 3.26. The monoisotopic (exact) mass is 349 g/mol. The molecule has 0 aromatic heterocycles. The average molecular weight is 350 g/mol. The van der Waals surface area contributed by atoms with Crippen molar-refractivity contribution in [2.75, 3.05) is 0 Å². The molecule has 1 nitrogen and oxygen atoms in total. The Kier molecular flexibility index (Phi) is 5.30. The largest absolute Gasteiger partial charge is 0.324 e. The van der Waals surface area contributed by atoms with Gasteiger partial charge in [-0.25, -0.2) is 0 Å². The quantitative estimate of drug-likeness (QED) is 0.760. The van der Waals surface area contributed by atoms with E-state index < -0.39 is 0 Å². The van der Waals surface area contributed by atoms with Crippen molar-refractivity contribution in [3.8, 4) is 0 Å². The van der Waals surface area contributed by atoms with Crippen LogP contribution in [-0.2, 0) is 0 Å². The van der Waals surface area contributed by atoms with E-state index in [0.29, 0.717) is 5.92 Å². The Labute approximate surface area is 134 Å². The van der Waals surface area contributed by atoms with Gasteiger partial charge < -0.3 is 5.73 Å². The molecule has 0 heterocycles. The number of hydrogen-bond acceptors (Lipinski definition) is 2. The van der Waals surface area contributed by atoms with Gasteiger partial charge in [-0.2, -0.15) is 0 Å². The van der Waals surface area contributed by atoms with Gasteiger partial charge in [-0.05, 0) is 64.2 Å². The van der Waals surface area contributed by atoms with Gasteiger partial charge in [-0.3, -0.25) is 0 Å². The Hall–Kier alpha value is -0.770. The summed E-state index contributed by atoms with van der Waals surface area (Å²) in [6.07, 6.45) is 0. The van der Waals surface area contributed by atoms with Crippen molar-refractivity contribution in [3.05, 3.63) is 58.1 Å². The second-order valence-corrected chi connectivity index (χ2v) is 7.27. The number of rotatable bonds is 4. The fourth-order valence-corrected chi connectivity index (χ4v) is 3.39. The van der Waals surface area contributed by atoms with Gasteiger partial charge in [0.15, 0.2) is 0 Å². The molecule has 0 saturated heterocycles. The summed E-state index contributed by atoms with van der Waals surface area (Å²) in [5.41, 5.74) is 8.43. The molecule has 0 radical (unpaired) electrons. The average Bonchev–Trinajstić information content (AvgIpc) is 2.41. The van der Waals surface area contributed by atoms with Crippen molar-refractivity contribution < 1.29 is 0 Å². The summed E-state index contributed by atoms with van der Waals surface area (Å²) in [6, 6.07) is 15.2. The van der Waals surface area contributed by atoms with Gasteiger partial charge >= 0.3 is 0 Å². The molecule has 0 saturated carbocycles. The molecule has 0 bridgehead atoms. The zero-order valence-corrected chi connectivity index (χ0v) is 14.5. The summed E-state index contributed by atoms with van der Waals surface area (Å²) in [6.45, 7) is 6.43. The van der Waals surface area contributed by atoms with Crippen LogP contribution in [0.4, 0.5) is 0 Å². The van der Waals surface area contributed by atoms with Crippen LogP contribution in [0.1, 0.15) is 43.9 Å². The normalized spacial score (nSPS) is 12.7. The molecule has 0 amide bonds. The lowest BCUT2D eigenvalue weighted by molar-refractivity contribution is 0.815. The Balaban J connectivity index is 2.17. The topological polar surface area (TPSA) is 26.0 Å². The first-order valence-corrected chi connectivity index (χ1v) is 8.41. The van der Waals surface area contributed by atoms with Crippen LogP contribution in [0.15, 0.2) is 56.7 Å². The molecule has 2 aromatic carbocycles. The van der Waals surface area contributed by atoms with Gasteiger partial charge in [0, 0.05) is 20.3 Å². The smallest absolute Gasteiger partial charge is 0.0318 e. The first-order chi connectivity index (χ1) is 9.47. The van der Waals surface area contributed by atoms with Crippen LogP contribution < -0.4 is 5.73 Å². The summed E-state index contributed by atoms with van der Waals surface area (Å²) in [5, 5.41) is 0. The predicted octanol–water partition coefficient (Wildman–Crippen LogP) is 5.74. The molecule has 3 heteroatoms. The van der Waals surface area contributed by atoms with Gasteiger partial charge in [0.25, 0.3) is 0 Å². The maximum Gasteiger partial charge on any atom is 0.0318 e. The fourth-order valence-electron chi connectivity index (χ4n) is 1.93. The minimum absolute atomic E-state index is 0.0654. The van der Waals surface area contributed by atoms with Crippen molar-refractivity contribution in [2.24, 2.45) is 5.73 Å². The van der Waals surface area contributed by atoms with Gasteiger partial charge in [-0.1, -0.05) is 43.8 Å². The Morgan fingerprint density at radius 2 is 1.55 bits per heavy atom. The second-order valence-electron chi connectivity index (χ2n) is 5.30. The van der Waals surface area contributed by atoms with E-state index in [2.05, 4.69) is 72.2 Å². The number of benzene rings is 2. The maximum absolute atomic E-state index is 5.90. The Morgan fingerprint density at radius 1 is 0.950 bits per heavy atom. The van der Waals surface area contributed by atoms with E-state index in [9.17, 15) is 0 Å². The highest BCUT2D eigenvalue weighted by molar-refractivity contribution is 9.10. The predicted molar refractivity (Wildman–Crippen MR) is 91.4 cm³/mol. The molecule has 1 unspecified atom stereocenters. The molecule has 1 atom stereocenters. The number of nitrogens with two attached hydrogens (primary N) is 1. The molecule has 0 aliphatic rings. The summed E-state index contributed by atoms with van der Waals surface area (Å²) in [4.78, 5) is 2.47. The van der Waals surface area contributed by atoms with Gasteiger partial charge in [0.1, 0.15) is 0 Å². The zero-order valence-electron chi connectivity index (χ0n) is 12.1. The summed E-state index contributed by atoms with van der Waals surface area (Å²) in [5.74, 6) is 0.575. The van der Waals surface area contributed by atoms with Crippen LogP contribution in [0.2, 0.25) is 0 Å². The van der Waals surface area contributed by atoms with Crippen LogP contribution in [0.5, 0.6) is 0 Å². The van der Waals surface area contributed by atoms with Crippen molar-refractivity contribution in [1.82, 2.24) is 0 Å². The van der Waals surface area contributed by atoms with Crippen LogP contribution >= 0.6 is 27.7 Å². The van der Waals surface area contributed by atoms with Crippen LogP contribution in [0.3, 0.4) is 0 Å². The van der Waals surface area contributed by atoms with Crippen LogP contribution in [0.25, 0.3) is 0 Å². The van der Waals surface area contributed by atoms with Crippen molar-refractivity contribution in [1.29, 1.82) is 0 Å². The molecule has 2 aromatic rings. The SMILES string of the molecule is CC(C)c1ccc(Sc2ccc(C(C)N)cc2Br)cc1. The lowest BCUT2D eigenvalue weighted by Gasteiger charge is -2.10. The number of halogens is 1. The van der Waals surface area contributed by atoms with E-state index in [-0.39, 0.29) is 6.04 Å². The minimum Gasteiger partial charge on any atom is -0.324 e. The third kappa shape index (κ3) is 3.87. The third-order valence-corrected chi connectivity index (χ3v) is 5.26. The van der Waals surface area contributed by atoms with E-state index >= 15 is 0 Å². The molecular weight excluding hydrogens is 330 g/mol. The summed E-state index contributed by atoms with van der Waals surface area (Å²) < 4.78 is 1.10. The summed E-state index contributed by atoms with van der Waals surface area (Å²) in [7, 11) is 0. The van der Waals surface area contributed by atoms with E-state index in [1.165, 1.54) is 15.4 Å². The molecule has 0 spiro atoms. The molecular formula is C17H20BrNS. The standard InChI is InChI=1S/C17H20BrNS/c1-11(2)13-4-7-15(8-5-13)20-17-9-6-14(12(3)19)10-16(17)18/h4-12H,19H2,1-3H3. The molecule has 2 rings (SSSR count). The highest BCUT2D eigenvalue weighted by Gasteiger charge is 2.07. The minimum atomic E-state index is 0.0654. The molecule has 0 fully saturated rings. The van der Waals surface area contributed by atoms with Gasteiger partial charge in [0.2, 0.25) is 0 Å². The van der Waals surface area contributed by atoms with Crippen molar-refractivity contribution in [3.63, 3.8) is 0 Å². The lowest BCUT2D eigenvalue weighted by Crippen LogP contribution is -2.04. The second kappa shape index (κ2) is 6.79. The molecule has 2 N–H and O–H groups in total. The van der Waals surface area contributed by atoms with E-state index in [1.807, 2.05) is 6.92 Å². The lowest BCUT2D eigenvalue weighted by atomic mass is 10.0. The fraction of sp³-hybridized carbons (Fsp3) is 0.294. The number of hydrogen-bond donors (Lipinski definition) is 1. The highest BCUT2D eigenvalue weighted by Crippen LogP contribution is 2.35. The van der Waals surface area contributed by atoms with E-state index in [4.69, 9.17) is 5.73 Å². The van der Waals surface area contributed by atoms with Crippen LogP contribution in [-0.4, -0.2) is 0 Å². The van der Waals surface area contributed by atoms with Crippen molar-refractivity contribution >= 4 is 27.7 Å². The maximum atomic E-state index is 5.90. The summed E-state index contributed by atoms with van der Waals surface area (Å²) >= 11 is 5.40. The Bertz CT molecular complexity index is 576. The zero-order chi connectivity index (χ0) is 14.7. The van der Waals surface area contributed by atoms with Crippen molar-refractivity contribution in [2.45, 2.75) is 42.5 Å². The van der Waals surface area contributed by atoms with E-state index in [1.54, 1.807) is 11.8 Å². The van der Waals surface area contributed by atoms with Crippen LogP contribution in [0, 0.1) is 0 Å².